The average molecular weight is 356 g/mol. The minimum Gasteiger partial charge on any atom is -0.457 e. The number of ether oxygens (including phenoxy) is 2. The summed E-state index contributed by atoms with van der Waals surface area (Å²) in [5, 5.41) is 15.3. The van der Waals surface area contributed by atoms with Crippen molar-refractivity contribution in [2.75, 3.05) is 25.6 Å². The maximum absolute atomic E-state index is 12.1. The number of nitrogens with one attached hydrogen (secondary N) is 2. The van der Waals surface area contributed by atoms with Gasteiger partial charge in [0, 0.05) is 19.3 Å². The van der Waals surface area contributed by atoms with Crippen molar-refractivity contribution in [1.82, 2.24) is 5.32 Å². The van der Waals surface area contributed by atoms with E-state index in [-0.39, 0.29) is 11.9 Å². The van der Waals surface area contributed by atoms with E-state index >= 15 is 0 Å². The normalized spacial score (nSPS) is 19.3. The predicted octanol–water partition coefficient (Wildman–Crippen LogP) is 2.33. The van der Waals surface area contributed by atoms with Crippen LogP contribution in [-0.2, 0) is 16.0 Å². The molecule has 3 N–H and O–H groups in total. The smallest absolute Gasteiger partial charge is 0.241 e. The number of hydrogen-bond acceptors (Lipinski definition) is 5. The van der Waals surface area contributed by atoms with Crippen molar-refractivity contribution in [2.45, 2.75) is 25.0 Å². The van der Waals surface area contributed by atoms with E-state index in [1.165, 1.54) is 5.56 Å². The first-order chi connectivity index (χ1) is 12.6. The molecule has 138 valence electrons. The van der Waals surface area contributed by atoms with Crippen molar-refractivity contribution in [3.63, 3.8) is 0 Å². The lowest BCUT2D eigenvalue weighted by atomic mass is 10.1. The van der Waals surface area contributed by atoms with E-state index in [1.54, 1.807) is 19.2 Å². The Hall–Kier alpha value is -2.41. The third-order valence-corrected chi connectivity index (χ3v) is 4.30. The van der Waals surface area contributed by atoms with Crippen LogP contribution in [0.3, 0.4) is 0 Å². The van der Waals surface area contributed by atoms with Crippen LogP contribution in [0, 0.1) is 0 Å². The molecule has 0 radical (unpaired) electrons. The molecule has 2 atom stereocenters. The number of aliphatic hydroxyl groups excluding tert-OH is 1. The van der Waals surface area contributed by atoms with Gasteiger partial charge >= 0.3 is 0 Å². The van der Waals surface area contributed by atoms with Gasteiger partial charge in [0.05, 0.1) is 18.8 Å². The lowest BCUT2D eigenvalue weighted by Gasteiger charge is -2.12. The van der Waals surface area contributed by atoms with E-state index in [0.717, 1.165) is 12.2 Å². The number of methoxy groups -OCH3 is 1. The Kier molecular flexibility index (Phi) is 6.22. The number of carbonyl (C=O) groups is 1. The molecule has 2 aromatic rings. The van der Waals surface area contributed by atoms with Crippen molar-refractivity contribution in [3.8, 4) is 11.5 Å². The van der Waals surface area contributed by atoms with Crippen LogP contribution >= 0.6 is 0 Å². The number of carbonyl (C=O) groups excluding carboxylic acids is 1. The first-order valence-corrected chi connectivity index (χ1v) is 8.72. The molecule has 1 aliphatic rings. The number of anilines is 1. The van der Waals surface area contributed by atoms with Gasteiger partial charge in [-0.1, -0.05) is 12.1 Å². The van der Waals surface area contributed by atoms with Crippen LogP contribution in [0.25, 0.3) is 0 Å². The molecule has 1 amide bonds. The molecule has 1 aliphatic heterocycles. The molecule has 0 bridgehead atoms. The van der Waals surface area contributed by atoms with Gasteiger partial charge in [0.25, 0.3) is 0 Å². The topological polar surface area (TPSA) is 79.8 Å². The second kappa shape index (κ2) is 8.80. The first kappa shape index (κ1) is 18.4. The van der Waals surface area contributed by atoms with Crippen LogP contribution < -0.4 is 15.4 Å². The zero-order valence-corrected chi connectivity index (χ0v) is 14.8. The van der Waals surface area contributed by atoms with E-state index < -0.39 is 6.10 Å². The SMILES string of the molecule is COCCc1ccc(Oc2ccc(NC(=O)C3CC(O)CN3)cc2)cc1. The molecule has 6 heteroatoms. The number of β-amino-alcohol motifs (C(OH)–C–C–N with tert-alkyl or cyclic N) is 1. The summed E-state index contributed by atoms with van der Waals surface area (Å²) in [6.45, 7) is 1.15. The van der Waals surface area contributed by atoms with Crippen molar-refractivity contribution < 1.29 is 19.4 Å². The highest BCUT2D eigenvalue weighted by Gasteiger charge is 2.27. The summed E-state index contributed by atoms with van der Waals surface area (Å²) >= 11 is 0. The fourth-order valence-electron chi connectivity index (χ4n) is 2.83. The Bertz CT molecular complexity index is 716. The Morgan fingerprint density at radius 2 is 1.81 bits per heavy atom. The molecule has 1 heterocycles. The molecule has 1 fully saturated rings. The maximum atomic E-state index is 12.1. The summed E-state index contributed by atoms with van der Waals surface area (Å²) < 4.78 is 10.9. The van der Waals surface area contributed by atoms with Gasteiger partial charge in [-0.05, 0) is 54.8 Å². The van der Waals surface area contributed by atoms with E-state index in [4.69, 9.17) is 9.47 Å². The van der Waals surface area contributed by atoms with Gasteiger partial charge in [0.15, 0.2) is 0 Å². The molecule has 0 saturated carbocycles. The quantitative estimate of drug-likeness (QED) is 0.710. The number of hydrogen-bond donors (Lipinski definition) is 3. The number of benzene rings is 2. The minimum atomic E-state index is -0.456. The third-order valence-electron chi connectivity index (χ3n) is 4.30. The first-order valence-electron chi connectivity index (χ1n) is 8.72. The van der Waals surface area contributed by atoms with Crippen LogP contribution in [0.15, 0.2) is 48.5 Å². The Balaban J connectivity index is 1.53. The lowest BCUT2D eigenvalue weighted by Crippen LogP contribution is -2.35. The van der Waals surface area contributed by atoms with Gasteiger partial charge in [-0.2, -0.15) is 0 Å². The van der Waals surface area contributed by atoms with E-state index in [1.807, 2.05) is 36.4 Å². The number of rotatable bonds is 7. The Labute approximate surface area is 153 Å². The molecular weight excluding hydrogens is 332 g/mol. The summed E-state index contributed by atoms with van der Waals surface area (Å²) in [6.07, 6.45) is 0.855. The largest absolute Gasteiger partial charge is 0.457 e. The van der Waals surface area contributed by atoms with Crippen molar-refractivity contribution in [2.24, 2.45) is 0 Å². The highest BCUT2D eigenvalue weighted by molar-refractivity contribution is 5.95. The highest BCUT2D eigenvalue weighted by atomic mass is 16.5. The maximum Gasteiger partial charge on any atom is 0.241 e. The number of amides is 1. The highest BCUT2D eigenvalue weighted by Crippen LogP contribution is 2.23. The Morgan fingerprint density at radius 1 is 1.15 bits per heavy atom. The van der Waals surface area contributed by atoms with Gasteiger partial charge < -0.3 is 25.2 Å². The molecular formula is C20H24N2O4. The second-order valence-electron chi connectivity index (χ2n) is 6.35. The molecule has 3 rings (SSSR count). The monoisotopic (exact) mass is 356 g/mol. The molecule has 0 aromatic heterocycles. The van der Waals surface area contributed by atoms with Crippen LogP contribution in [0.5, 0.6) is 11.5 Å². The summed E-state index contributed by atoms with van der Waals surface area (Å²) in [5.74, 6) is 1.32. The van der Waals surface area contributed by atoms with Gasteiger partial charge in [-0.15, -0.1) is 0 Å². The van der Waals surface area contributed by atoms with Crippen LogP contribution in [0.1, 0.15) is 12.0 Å². The minimum absolute atomic E-state index is 0.137. The van der Waals surface area contributed by atoms with Gasteiger partial charge in [-0.3, -0.25) is 4.79 Å². The summed E-state index contributed by atoms with van der Waals surface area (Å²) in [4.78, 5) is 12.1. The van der Waals surface area contributed by atoms with Crippen LogP contribution in [-0.4, -0.2) is 43.4 Å². The average Bonchev–Trinajstić information content (AvgIpc) is 3.09. The van der Waals surface area contributed by atoms with Crippen LogP contribution in [0.2, 0.25) is 0 Å². The van der Waals surface area contributed by atoms with Crippen molar-refractivity contribution in [1.29, 1.82) is 0 Å². The lowest BCUT2D eigenvalue weighted by molar-refractivity contribution is -0.117. The molecule has 6 nitrogen and oxygen atoms in total. The fourth-order valence-corrected chi connectivity index (χ4v) is 2.83. The van der Waals surface area contributed by atoms with Gasteiger partial charge in [-0.25, -0.2) is 0 Å². The van der Waals surface area contributed by atoms with Gasteiger partial charge in [0.1, 0.15) is 11.5 Å². The molecule has 26 heavy (non-hydrogen) atoms. The molecule has 2 aromatic carbocycles. The molecule has 1 saturated heterocycles. The second-order valence-corrected chi connectivity index (χ2v) is 6.35. The van der Waals surface area contributed by atoms with Gasteiger partial charge in [0.2, 0.25) is 5.91 Å². The van der Waals surface area contributed by atoms with Crippen LogP contribution in [0.4, 0.5) is 5.69 Å². The molecule has 2 unspecified atom stereocenters. The third kappa shape index (κ3) is 5.05. The fraction of sp³-hybridized carbons (Fsp3) is 0.350. The summed E-state index contributed by atoms with van der Waals surface area (Å²) in [7, 11) is 1.69. The number of aliphatic hydroxyl groups is 1. The van der Waals surface area contributed by atoms with E-state index in [0.29, 0.717) is 31.0 Å². The van der Waals surface area contributed by atoms with E-state index in [9.17, 15) is 9.90 Å². The predicted molar refractivity (Wildman–Crippen MR) is 99.6 cm³/mol. The standard InChI is InChI=1S/C20H24N2O4/c1-25-11-10-14-2-6-17(7-3-14)26-18-8-4-15(5-9-18)22-20(24)19-12-16(23)13-21-19/h2-9,16,19,21,23H,10-13H2,1H3,(H,22,24). The molecule has 0 spiro atoms. The van der Waals surface area contributed by atoms with Crippen molar-refractivity contribution >= 4 is 11.6 Å². The van der Waals surface area contributed by atoms with E-state index in [2.05, 4.69) is 10.6 Å². The zero-order valence-electron chi connectivity index (χ0n) is 14.8. The van der Waals surface area contributed by atoms with Crippen molar-refractivity contribution in [3.05, 3.63) is 54.1 Å². The zero-order chi connectivity index (χ0) is 18.4. The summed E-state index contributed by atoms with van der Waals surface area (Å²) in [6, 6.07) is 14.8. The molecule has 0 aliphatic carbocycles. The Morgan fingerprint density at radius 3 is 2.38 bits per heavy atom. The summed E-state index contributed by atoms with van der Waals surface area (Å²) in [5.41, 5.74) is 1.89.